The van der Waals surface area contributed by atoms with E-state index >= 15 is 0 Å². The van der Waals surface area contributed by atoms with Crippen molar-refractivity contribution in [3.63, 3.8) is 0 Å². The van der Waals surface area contributed by atoms with Crippen molar-refractivity contribution in [3.8, 4) is 0 Å². The van der Waals surface area contributed by atoms with Crippen molar-refractivity contribution in [1.29, 1.82) is 0 Å². The Labute approximate surface area is 132 Å². The van der Waals surface area contributed by atoms with Crippen molar-refractivity contribution in [3.05, 3.63) is 11.6 Å². The zero-order chi connectivity index (χ0) is 15.7. The fourth-order valence-electron chi connectivity index (χ4n) is 5.87. The van der Waals surface area contributed by atoms with Crippen molar-refractivity contribution >= 4 is 0 Å². The fourth-order valence-corrected chi connectivity index (χ4v) is 5.87. The first kappa shape index (κ1) is 17.1. The van der Waals surface area contributed by atoms with Gasteiger partial charge in [0, 0.05) is 0 Å². The molecule has 1 heteroatoms. The van der Waals surface area contributed by atoms with Crippen molar-refractivity contribution in [2.75, 3.05) is 6.61 Å². The third-order valence-electron chi connectivity index (χ3n) is 7.01. The summed E-state index contributed by atoms with van der Waals surface area (Å²) in [6, 6.07) is 0. The topological polar surface area (TPSA) is 20.2 Å². The van der Waals surface area contributed by atoms with Gasteiger partial charge in [-0.05, 0) is 67.6 Å². The molecule has 2 rings (SSSR count). The highest BCUT2D eigenvalue weighted by Crippen LogP contribution is 2.62. The average molecular weight is 293 g/mol. The lowest BCUT2D eigenvalue weighted by Crippen LogP contribution is -2.51. The first-order chi connectivity index (χ1) is 9.81. The Balaban J connectivity index is 2.15. The van der Waals surface area contributed by atoms with E-state index in [4.69, 9.17) is 5.11 Å². The first-order valence-electron chi connectivity index (χ1n) is 9.08. The summed E-state index contributed by atoms with van der Waals surface area (Å²) in [6.45, 7) is 12.5. The summed E-state index contributed by atoms with van der Waals surface area (Å²) in [4.78, 5) is 0. The van der Waals surface area contributed by atoms with E-state index in [0.717, 1.165) is 24.2 Å². The maximum Gasteiger partial charge on any atom is 0.0614 e. The summed E-state index contributed by atoms with van der Waals surface area (Å²) in [5.74, 6) is 2.63. The molecule has 2 fully saturated rings. The molecule has 0 bridgehead atoms. The summed E-state index contributed by atoms with van der Waals surface area (Å²) in [5.41, 5.74) is 2.44. The van der Waals surface area contributed by atoms with Crippen LogP contribution in [0.2, 0.25) is 0 Å². The lowest BCUT2D eigenvalue weighted by Gasteiger charge is -2.59. The van der Waals surface area contributed by atoms with Crippen molar-refractivity contribution in [2.45, 2.75) is 79.6 Å². The minimum atomic E-state index is 0.193. The van der Waals surface area contributed by atoms with Crippen molar-refractivity contribution in [1.82, 2.24) is 0 Å². The van der Waals surface area contributed by atoms with Gasteiger partial charge in [-0.1, -0.05) is 52.2 Å². The second-order valence-electron chi connectivity index (χ2n) is 8.83. The molecule has 4 atom stereocenters. The van der Waals surface area contributed by atoms with E-state index < -0.39 is 0 Å². The fraction of sp³-hybridized carbons (Fsp3) is 0.900. The molecule has 122 valence electrons. The Hall–Kier alpha value is -0.300. The third kappa shape index (κ3) is 3.38. The molecule has 0 radical (unpaired) electrons. The molecule has 2 saturated carbocycles. The lowest BCUT2D eigenvalue weighted by atomic mass is 9.46. The largest absolute Gasteiger partial charge is 0.392 e. The average Bonchev–Trinajstić information content (AvgIpc) is 2.37. The number of fused-ring (bicyclic) bond motifs is 1. The molecular weight excluding hydrogens is 256 g/mol. The zero-order valence-corrected chi connectivity index (χ0v) is 14.9. The molecule has 2 aliphatic rings. The smallest absolute Gasteiger partial charge is 0.0614 e. The van der Waals surface area contributed by atoms with Gasteiger partial charge in [-0.2, -0.15) is 0 Å². The summed E-state index contributed by atoms with van der Waals surface area (Å²) in [5, 5.41) is 9.06. The molecule has 0 saturated heterocycles. The molecule has 1 N–H and O–H groups in total. The van der Waals surface area contributed by atoms with E-state index in [2.05, 4.69) is 34.6 Å². The minimum absolute atomic E-state index is 0.193. The predicted octanol–water partition coefficient (Wildman–Crippen LogP) is 5.58. The second-order valence-corrected chi connectivity index (χ2v) is 8.83. The molecule has 0 aromatic heterocycles. The van der Waals surface area contributed by atoms with Gasteiger partial charge in [-0.3, -0.25) is 0 Å². The maximum absolute atomic E-state index is 9.06. The van der Waals surface area contributed by atoms with E-state index in [1.54, 1.807) is 0 Å². The number of hydrogen-bond donors (Lipinski definition) is 1. The minimum Gasteiger partial charge on any atom is -0.392 e. The van der Waals surface area contributed by atoms with Gasteiger partial charge < -0.3 is 5.11 Å². The van der Waals surface area contributed by atoms with Crippen LogP contribution in [0.5, 0.6) is 0 Å². The van der Waals surface area contributed by atoms with Crippen LogP contribution in [0.4, 0.5) is 0 Å². The molecule has 1 nitrogen and oxygen atoms in total. The highest BCUT2D eigenvalue weighted by Gasteiger charge is 2.53. The third-order valence-corrected chi connectivity index (χ3v) is 7.01. The second kappa shape index (κ2) is 6.44. The lowest BCUT2D eigenvalue weighted by molar-refractivity contribution is -0.0957. The van der Waals surface area contributed by atoms with Gasteiger partial charge in [-0.15, -0.1) is 0 Å². The maximum atomic E-state index is 9.06. The molecule has 0 heterocycles. The molecule has 0 aromatic rings. The van der Waals surface area contributed by atoms with Crippen LogP contribution in [0.25, 0.3) is 0 Å². The van der Waals surface area contributed by atoms with E-state index in [-0.39, 0.29) is 6.61 Å². The Morgan fingerprint density at radius 1 is 1.19 bits per heavy atom. The van der Waals surface area contributed by atoms with Crippen LogP contribution in [0.3, 0.4) is 0 Å². The molecule has 21 heavy (non-hydrogen) atoms. The Bertz CT molecular complexity index is 381. The molecule has 2 aliphatic carbocycles. The van der Waals surface area contributed by atoms with Crippen LogP contribution in [-0.2, 0) is 0 Å². The van der Waals surface area contributed by atoms with Gasteiger partial charge in [0.2, 0.25) is 0 Å². The number of allylic oxidation sites excluding steroid dienone is 1. The number of rotatable bonds is 4. The summed E-state index contributed by atoms with van der Waals surface area (Å²) >= 11 is 0. The van der Waals surface area contributed by atoms with Gasteiger partial charge in [0.15, 0.2) is 0 Å². The van der Waals surface area contributed by atoms with Gasteiger partial charge >= 0.3 is 0 Å². The van der Waals surface area contributed by atoms with Crippen LogP contribution in [0.15, 0.2) is 11.6 Å². The highest BCUT2D eigenvalue weighted by atomic mass is 16.2. The summed E-state index contributed by atoms with van der Waals surface area (Å²) < 4.78 is 0. The Morgan fingerprint density at radius 2 is 1.90 bits per heavy atom. The SMILES string of the molecule is C/C(=C\CO)CCC1C(C)CC[C@H]2C(C)(C)CCC[C@]12C. The normalized spacial score (nSPS) is 39.9. The quantitative estimate of drug-likeness (QED) is 0.670. The molecular formula is C20H36O. The molecule has 0 aromatic carbocycles. The van der Waals surface area contributed by atoms with E-state index in [1.165, 1.54) is 44.1 Å². The zero-order valence-electron chi connectivity index (χ0n) is 14.9. The van der Waals surface area contributed by atoms with E-state index in [9.17, 15) is 0 Å². The van der Waals surface area contributed by atoms with Crippen molar-refractivity contribution < 1.29 is 5.11 Å². The van der Waals surface area contributed by atoms with Gasteiger partial charge in [0.25, 0.3) is 0 Å². The first-order valence-corrected chi connectivity index (χ1v) is 9.08. The van der Waals surface area contributed by atoms with Gasteiger partial charge in [-0.25, -0.2) is 0 Å². The van der Waals surface area contributed by atoms with Crippen LogP contribution in [-0.4, -0.2) is 11.7 Å². The van der Waals surface area contributed by atoms with Gasteiger partial charge in [0.1, 0.15) is 0 Å². The Morgan fingerprint density at radius 3 is 2.57 bits per heavy atom. The molecule has 0 aliphatic heterocycles. The monoisotopic (exact) mass is 292 g/mol. The van der Waals surface area contributed by atoms with Gasteiger partial charge in [0.05, 0.1) is 6.61 Å². The van der Waals surface area contributed by atoms with Crippen LogP contribution in [0.1, 0.15) is 79.6 Å². The molecule has 2 unspecified atom stereocenters. The van der Waals surface area contributed by atoms with Crippen LogP contribution in [0, 0.1) is 28.6 Å². The summed E-state index contributed by atoms with van der Waals surface area (Å²) in [7, 11) is 0. The van der Waals surface area contributed by atoms with Crippen LogP contribution >= 0.6 is 0 Å². The number of aliphatic hydroxyl groups is 1. The molecule has 0 amide bonds. The van der Waals surface area contributed by atoms with Crippen molar-refractivity contribution in [2.24, 2.45) is 28.6 Å². The standard InChI is InChI=1S/C20H36O/c1-15(11-14-21)7-9-17-16(2)8-10-18-19(3,4)12-6-13-20(17,18)5/h11,16-18,21H,6-10,12-14H2,1-5H3/b15-11+/t16?,17?,18-,20+/m0/s1. The highest BCUT2D eigenvalue weighted by molar-refractivity contribution is 5.05. The molecule has 0 spiro atoms. The predicted molar refractivity (Wildman–Crippen MR) is 91.2 cm³/mol. The van der Waals surface area contributed by atoms with Crippen LogP contribution < -0.4 is 0 Å². The Kier molecular flexibility index (Phi) is 5.23. The summed E-state index contributed by atoms with van der Waals surface area (Å²) in [6.07, 6.45) is 11.6. The number of hydrogen-bond acceptors (Lipinski definition) is 1. The number of aliphatic hydroxyl groups excluding tert-OH is 1. The van der Waals surface area contributed by atoms with E-state index in [0.29, 0.717) is 10.8 Å². The van der Waals surface area contributed by atoms with E-state index in [1.807, 2.05) is 6.08 Å².